The van der Waals surface area contributed by atoms with Crippen molar-refractivity contribution in [2.45, 2.75) is 190 Å². The predicted octanol–water partition coefficient (Wildman–Crippen LogP) is 7.10. The van der Waals surface area contributed by atoms with Crippen molar-refractivity contribution in [3.05, 3.63) is 0 Å². The van der Waals surface area contributed by atoms with Crippen LogP contribution in [0.5, 0.6) is 0 Å². The highest BCUT2D eigenvalue weighted by atomic mass is 35.5. The van der Waals surface area contributed by atoms with Crippen LogP contribution in [0.15, 0.2) is 0 Å². The van der Waals surface area contributed by atoms with Crippen LogP contribution in [-0.2, 0) is 19.1 Å². The van der Waals surface area contributed by atoms with Gasteiger partial charge in [0.1, 0.15) is 23.7 Å². The summed E-state index contributed by atoms with van der Waals surface area (Å²) < 4.78 is 37.1. The SMILES string of the molecule is CCCCCCCCCCCCCCCC(=O)OC1C(SC)OC(C(NC(=O)C2CCC(CCC(F)F)CCN2)C(C)Cl)C(O)C1O. The number of esters is 1. The summed E-state index contributed by atoms with van der Waals surface area (Å²) in [6.07, 6.45) is 12.5. The number of hydrogen-bond acceptors (Lipinski definition) is 8. The summed E-state index contributed by atoms with van der Waals surface area (Å²) in [5, 5.41) is 27.6. The first-order valence-electron chi connectivity index (χ1n) is 18.3. The Hall–Kier alpha value is -0.720. The van der Waals surface area contributed by atoms with E-state index >= 15 is 0 Å². The highest BCUT2D eigenvalue weighted by Gasteiger charge is 2.50. The molecule has 12 heteroatoms. The highest BCUT2D eigenvalue weighted by Crippen LogP contribution is 2.33. The number of unbranched alkanes of at least 4 members (excludes halogenated alkanes) is 12. The summed E-state index contributed by atoms with van der Waals surface area (Å²) in [4.78, 5) is 26.0. The Morgan fingerprint density at radius 1 is 0.957 bits per heavy atom. The van der Waals surface area contributed by atoms with Crippen LogP contribution in [0.3, 0.4) is 0 Å². The van der Waals surface area contributed by atoms with Crippen LogP contribution in [0, 0.1) is 5.92 Å². The van der Waals surface area contributed by atoms with Gasteiger partial charge in [-0.3, -0.25) is 9.59 Å². The van der Waals surface area contributed by atoms with Crippen molar-refractivity contribution in [2.24, 2.45) is 5.92 Å². The van der Waals surface area contributed by atoms with Gasteiger partial charge in [0, 0.05) is 12.8 Å². The molecule has 276 valence electrons. The first-order chi connectivity index (χ1) is 22.6. The number of aliphatic hydroxyl groups is 2. The van der Waals surface area contributed by atoms with Gasteiger partial charge in [-0.1, -0.05) is 84.0 Å². The zero-order valence-corrected chi connectivity index (χ0v) is 30.6. The number of ether oxygens (including phenoxy) is 2. The van der Waals surface area contributed by atoms with E-state index in [0.29, 0.717) is 32.2 Å². The summed E-state index contributed by atoms with van der Waals surface area (Å²) in [6, 6.07) is -1.38. The first kappa shape index (κ1) is 42.4. The fourth-order valence-electron chi connectivity index (χ4n) is 6.68. The van der Waals surface area contributed by atoms with Gasteiger partial charge in [0.05, 0.1) is 17.5 Å². The molecule has 4 N–H and O–H groups in total. The molecule has 8 nitrogen and oxygen atoms in total. The monoisotopic (exact) mass is 712 g/mol. The maximum absolute atomic E-state index is 13.3. The summed E-state index contributed by atoms with van der Waals surface area (Å²) in [7, 11) is 0. The Morgan fingerprint density at radius 2 is 1.55 bits per heavy atom. The molecule has 1 amide bonds. The minimum absolute atomic E-state index is 0.127. The fraction of sp³-hybridized carbons (Fsp3) is 0.943. The quantitative estimate of drug-likeness (QED) is 0.0504. The van der Waals surface area contributed by atoms with E-state index in [9.17, 15) is 28.6 Å². The van der Waals surface area contributed by atoms with Gasteiger partial charge >= 0.3 is 5.97 Å². The molecule has 0 saturated carbocycles. The molecule has 0 aromatic rings. The van der Waals surface area contributed by atoms with Crippen molar-refractivity contribution >= 4 is 35.2 Å². The van der Waals surface area contributed by atoms with Crippen LogP contribution in [0.4, 0.5) is 8.78 Å². The number of thioether (sulfide) groups is 1. The molecule has 2 aliphatic rings. The number of carbonyl (C=O) groups excluding carboxylic acids is 2. The van der Waals surface area contributed by atoms with Crippen molar-refractivity contribution in [1.29, 1.82) is 0 Å². The van der Waals surface area contributed by atoms with E-state index in [0.717, 1.165) is 25.7 Å². The third-order valence-corrected chi connectivity index (χ3v) is 10.8. The second-order valence-corrected chi connectivity index (χ2v) is 15.2. The standard InChI is InChI=1S/C35H63ClF2N2O6S/c1-4-5-6-7-8-9-10-11-12-13-14-15-16-17-28(41)45-33-31(43)30(42)32(46-35(33)47-3)29(24(2)36)40-34(44)26-20-18-25(22-23-39-26)19-21-27(37)38/h24-27,29-33,35,39,42-43H,4-23H2,1-3H3,(H,40,44). The average molecular weight is 713 g/mol. The molecule has 0 radical (unpaired) electrons. The van der Waals surface area contributed by atoms with Crippen molar-refractivity contribution in [3.8, 4) is 0 Å². The number of alkyl halides is 3. The molecule has 2 rings (SSSR count). The molecule has 2 saturated heterocycles. The topological polar surface area (TPSA) is 117 Å². The largest absolute Gasteiger partial charge is 0.456 e. The molecule has 9 atom stereocenters. The predicted molar refractivity (Wildman–Crippen MR) is 186 cm³/mol. The van der Waals surface area contributed by atoms with Crippen LogP contribution >= 0.6 is 23.4 Å². The van der Waals surface area contributed by atoms with Crippen LogP contribution in [0.25, 0.3) is 0 Å². The van der Waals surface area contributed by atoms with E-state index < -0.39 is 59.7 Å². The maximum atomic E-state index is 13.3. The number of carbonyl (C=O) groups is 2. The minimum Gasteiger partial charge on any atom is -0.456 e. The van der Waals surface area contributed by atoms with Gasteiger partial charge in [0.25, 0.3) is 0 Å². The smallest absolute Gasteiger partial charge is 0.306 e. The molecule has 0 aromatic carbocycles. The Labute approximate surface area is 291 Å². The van der Waals surface area contributed by atoms with Crippen molar-refractivity contribution in [2.75, 3.05) is 12.8 Å². The number of rotatable bonds is 23. The molecule has 2 fully saturated rings. The van der Waals surface area contributed by atoms with Crippen molar-refractivity contribution in [3.63, 3.8) is 0 Å². The fourth-order valence-corrected chi connectivity index (χ4v) is 7.61. The second-order valence-electron chi connectivity index (χ2n) is 13.6. The Kier molecular flexibility index (Phi) is 22.1. The van der Waals surface area contributed by atoms with Gasteiger partial charge in [-0.15, -0.1) is 23.4 Å². The molecule has 0 spiro atoms. The second kappa shape index (κ2) is 24.4. The summed E-state index contributed by atoms with van der Waals surface area (Å²) >= 11 is 7.73. The van der Waals surface area contributed by atoms with Crippen LogP contribution < -0.4 is 10.6 Å². The van der Waals surface area contributed by atoms with E-state index in [1.165, 1.54) is 69.5 Å². The zero-order chi connectivity index (χ0) is 34.6. The first-order valence-corrected chi connectivity index (χ1v) is 20.0. The lowest BCUT2D eigenvalue weighted by molar-refractivity contribution is -0.218. The molecule has 0 aromatic heterocycles. The molecule has 47 heavy (non-hydrogen) atoms. The van der Waals surface area contributed by atoms with E-state index in [-0.39, 0.29) is 24.7 Å². The van der Waals surface area contributed by atoms with E-state index in [4.69, 9.17) is 21.1 Å². The Morgan fingerprint density at radius 3 is 2.11 bits per heavy atom. The van der Waals surface area contributed by atoms with Crippen LogP contribution in [0.1, 0.15) is 136 Å². The number of halogens is 3. The third kappa shape index (κ3) is 16.2. The maximum Gasteiger partial charge on any atom is 0.306 e. The highest BCUT2D eigenvalue weighted by molar-refractivity contribution is 7.99. The lowest BCUT2D eigenvalue weighted by atomic mass is 9.92. The molecule has 0 aliphatic carbocycles. The molecular formula is C35H63ClF2N2O6S. The lowest BCUT2D eigenvalue weighted by Gasteiger charge is -2.45. The summed E-state index contributed by atoms with van der Waals surface area (Å²) in [5.41, 5.74) is -0.768. The molecule has 0 bridgehead atoms. The Balaban J connectivity index is 1.77. The van der Waals surface area contributed by atoms with E-state index in [1.54, 1.807) is 13.2 Å². The lowest BCUT2D eigenvalue weighted by Crippen LogP contribution is -2.65. The van der Waals surface area contributed by atoms with Gasteiger partial charge < -0.3 is 30.3 Å². The van der Waals surface area contributed by atoms with Gasteiger partial charge in [0.2, 0.25) is 12.3 Å². The van der Waals surface area contributed by atoms with Gasteiger partial charge in [0.15, 0.2) is 6.10 Å². The van der Waals surface area contributed by atoms with E-state index in [1.807, 2.05) is 0 Å². The van der Waals surface area contributed by atoms with Gasteiger partial charge in [-0.25, -0.2) is 8.78 Å². The minimum atomic E-state index is -2.33. The molecule has 9 unspecified atom stereocenters. The third-order valence-electron chi connectivity index (χ3n) is 9.64. The molecular weight excluding hydrogens is 650 g/mol. The van der Waals surface area contributed by atoms with Gasteiger partial charge in [-0.2, -0.15) is 0 Å². The summed E-state index contributed by atoms with van der Waals surface area (Å²) in [6.45, 7) is 4.45. The zero-order valence-electron chi connectivity index (χ0n) is 29.0. The summed E-state index contributed by atoms with van der Waals surface area (Å²) in [5.74, 6) is -0.635. The van der Waals surface area contributed by atoms with Gasteiger partial charge in [-0.05, 0) is 57.7 Å². The van der Waals surface area contributed by atoms with Crippen molar-refractivity contribution < 1.29 is 38.1 Å². The number of aliphatic hydroxyl groups excluding tert-OH is 2. The molecule has 2 aliphatic heterocycles. The number of hydrogen-bond donors (Lipinski definition) is 4. The number of nitrogens with one attached hydrogen (secondary N) is 2. The molecule has 2 heterocycles. The van der Waals surface area contributed by atoms with E-state index in [2.05, 4.69) is 17.6 Å². The Bertz CT molecular complexity index is 861. The number of amides is 1. The van der Waals surface area contributed by atoms with Crippen molar-refractivity contribution in [1.82, 2.24) is 10.6 Å². The average Bonchev–Trinajstić information content (AvgIpc) is 3.29. The van der Waals surface area contributed by atoms with Crippen LogP contribution in [0.2, 0.25) is 0 Å². The normalized spacial score (nSPS) is 28.1. The van der Waals surface area contributed by atoms with Crippen LogP contribution in [-0.4, -0.2) is 88.6 Å².